The van der Waals surface area contributed by atoms with Gasteiger partial charge in [-0.2, -0.15) is 0 Å². The maximum atomic E-state index is 12.0. The van der Waals surface area contributed by atoms with Gasteiger partial charge in [-0.3, -0.25) is 4.79 Å². The summed E-state index contributed by atoms with van der Waals surface area (Å²) >= 11 is 5.84. The summed E-state index contributed by atoms with van der Waals surface area (Å²) in [5, 5.41) is 3.71. The Morgan fingerprint density at radius 1 is 1.11 bits per heavy atom. The van der Waals surface area contributed by atoms with E-state index in [1.54, 1.807) is 0 Å². The van der Waals surface area contributed by atoms with Crippen molar-refractivity contribution in [3.63, 3.8) is 0 Å². The summed E-state index contributed by atoms with van der Waals surface area (Å²) in [7, 11) is 0. The number of benzene rings is 2. The molecule has 3 heteroatoms. The summed E-state index contributed by atoms with van der Waals surface area (Å²) < 4.78 is 0. The number of carbonyl (C=O) groups excluding carboxylic acids is 1. The number of halogens is 1. The van der Waals surface area contributed by atoms with Gasteiger partial charge in [-0.1, -0.05) is 41.9 Å². The SMILES string of the molecule is CC(Cc1ccc(Cl)cc1)NC(=O)c1ccccc1. The molecule has 0 aliphatic heterocycles. The molecule has 2 aromatic carbocycles. The molecule has 1 amide bonds. The van der Waals surface area contributed by atoms with Crippen molar-refractivity contribution < 1.29 is 4.79 Å². The van der Waals surface area contributed by atoms with E-state index in [9.17, 15) is 4.79 Å². The first-order valence-corrected chi connectivity index (χ1v) is 6.63. The molecule has 0 aromatic heterocycles. The highest BCUT2D eigenvalue weighted by molar-refractivity contribution is 6.30. The van der Waals surface area contributed by atoms with Crippen LogP contribution >= 0.6 is 11.6 Å². The molecule has 0 saturated carbocycles. The number of hydrogen-bond donors (Lipinski definition) is 1. The van der Waals surface area contributed by atoms with Crippen molar-refractivity contribution in [2.24, 2.45) is 0 Å². The van der Waals surface area contributed by atoms with Gasteiger partial charge < -0.3 is 5.32 Å². The lowest BCUT2D eigenvalue weighted by atomic mass is 10.1. The minimum absolute atomic E-state index is 0.0398. The van der Waals surface area contributed by atoms with Gasteiger partial charge in [-0.25, -0.2) is 0 Å². The van der Waals surface area contributed by atoms with Crippen molar-refractivity contribution in [3.05, 3.63) is 70.7 Å². The molecular weight excluding hydrogens is 258 g/mol. The van der Waals surface area contributed by atoms with E-state index in [0.717, 1.165) is 17.0 Å². The molecule has 0 spiro atoms. The second kappa shape index (κ2) is 6.39. The summed E-state index contributed by atoms with van der Waals surface area (Å²) in [6.45, 7) is 2.00. The van der Waals surface area contributed by atoms with Crippen molar-refractivity contribution in [1.29, 1.82) is 0 Å². The lowest BCUT2D eigenvalue weighted by molar-refractivity contribution is 0.0940. The molecule has 0 aliphatic carbocycles. The third-order valence-corrected chi connectivity index (χ3v) is 3.12. The van der Waals surface area contributed by atoms with Crippen molar-refractivity contribution in [3.8, 4) is 0 Å². The van der Waals surface area contributed by atoms with Gasteiger partial charge in [0.05, 0.1) is 0 Å². The molecule has 98 valence electrons. The first-order chi connectivity index (χ1) is 9.15. The van der Waals surface area contributed by atoms with Crippen LogP contribution in [0.3, 0.4) is 0 Å². The third-order valence-electron chi connectivity index (χ3n) is 2.87. The molecule has 1 unspecified atom stereocenters. The predicted molar refractivity (Wildman–Crippen MR) is 78.5 cm³/mol. The van der Waals surface area contributed by atoms with Crippen molar-refractivity contribution >= 4 is 17.5 Å². The van der Waals surface area contributed by atoms with Gasteiger partial charge in [0.15, 0.2) is 0 Å². The summed E-state index contributed by atoms with van der Waals surface area (Å²) in [4.78, 5) is 12.0. The van der Waals surface area contributed by atoms with E-state index in [1.807, 2.05) is 61.5 Å². The van der Waals surface area contributed by atoms with Gasteiger partial charge in [0.25, 0.3) is 5.91 Å². The first kappa shape index (κ1) is 13.6. The lowest BCUT2D eigenvalue weighted by Gasteiger charge is -2.14. The van der Waals surface area contributed by atoms with E-state index >= 15 is 0 Å². The fourth-order valence-electron chi connectivity index (χ4n) is 1.92. The van der Waals surface area contributed by atoms with Gasteiger partial charge in [0.2, 0.25) is 0 Å². The molecule has 0 saturated heterocycles. The molecule has 2 aromatic rings. The highest BCUT2D eigenvalue weighted by Crippen LogP contribution is 2.11. The van der Waals surface area contributed by atoms with E-state index < -0.39 is 0 Å². The average Bonchev–Trinajstić information content (AvgIpc) is 2.42. The second-order valence-electron chi connectivity index (χ2n) is 4.57. The highest BCUT2D eigenvalue weighted by Gasteiger charge is 2.09. The standard InChI is InChI=1S/C16H16ClNO/c1-12(11-13-7-9-15(17)10-8-13)18-16(19)14-5-3-2-4-6-14/h2-10,12H,11H2,1H3,(H,18,19). The van der Waals surface area contributed by atoms with Crippen LogP contribution in [0, 0.1) is 0 Å². The van der Waals surface area contributed by atoms with Crippen LogP contribution in [0.5, 0.6) is 0 Å². The van der Waals surface area contributed by atoms with Crippen LogP contribution in [0.15, 0.2) is 54.6 Å². The number of carbonyl (C=O) groups is 1. The number of amides is 1. The fraction of sp³-hybridized carbons (Fsp3) is 0.188. The summed E-state index contributed by atoms with van der Waals surface area (Å²) in [5.41, 5.74) is 1.84. The summed E-state index contributed by atoms with van der Waals surface area (Å²) in [6, 6.07) is 17.0. The Labute approximate surface area is 118 Å². The van der Waals surface area contributed by atoms with Gasteiger partial charge >= 0.3 is 0 Å². The van der Waals surface area contributed by atoms with E-state index in [0.29, 0.717) is 5.56 Å². The number of rotatable bonds is 4. The van der Waals surface area contributed by atoms with Crippen LogP contribution < -0.4 is 5.32 Å². The Morgan fingerprint density at radius 3 is 2.37 bits per heavy atom. The smallest absolute Gasteiger partial charge is 0.251 e. The molecule has 1 atom stereocenters. The van der Waals surface area contributed by atoms with Crippen molar-refractivity contribution in [1.82, 2.24) is 5.32 Å². The highest BCUT2D eigenvalue weighted by atomic mass is 35.5. The Balaban J connectivity index is 1.92. The summed E-state index contributed by atoms with van der Waals surface area (Å²) in [5.74, 6) is -0.0398. The monoisotopic (exact) mass is 273 g/mol. The van der Waals surface area contributed by atoms with E-state index in [2.05, 4.69) is 5.32 Å². The largest absolute Gasteiger partial charge is 0.349 e. The maximum Gasteiger partial charge on any atom is 0.251 e. The Kier molecular flexibility index (Phi) is 4.58. The molecule has 1 N–H and O–H groups in total. The molecule has 0 aliphatic rings. The normalized spacial score (nSPS) is 11.9. The van der Waals surface area contributed by atoms with Crippen LogP contribution in [0.4, 0.5) is 0 Å². The Bertz CT molecular complexity index is 536. The molecule has 0 radical (unpaired) electrons. The molecule has 19 heavy (non-hydrogen) atoms. The Morgan fingerprint density at radius 2 is 1.74 bits per heavy atom. The van der Waals surface area contributed by atoms with Gasteiger partial charge in [-0.05, 0) is 43.2 Å². The third kappa shape index (κ3) is 4.11. The van der Waals surface area contributed by atoms with E-state index in [1.165, 1.54) is 0 Å². The fourth-order valence-corrected chi connectivity index (χ4v) is 2.05. The Hall–Kier alpha value is -1.80. The zero-order chi connectivity index (χ0) is 13.7. The zero-order valence-electron chi connectivity index (χ0n) is 10.8. The van der Waals surface area contributed by atoms with Crippen LogP contribution in [0.1, 0.15) is 22.8 Å². The van der Waals surface area contributed by atoms with Crippen LogP contribution in [-0.2, 0) is 6.42 Å². The topological polar surface area (TPSA) is 29.1 Å². The molecular formula is C16H16ClNO. The number of nitrogens with one attached hydrogen (secondary N) is 1. The molecule has 0 heterocycles. The van der Waals surface area contributed by atoms with Gasteiger partial charge in [0.1, 0.15) is 0 Å². The minimum atomic E-state index is -0.0398. The number of hydrogen-bond acceptors (Lipinski definition) is 1. The maximum absolute atomic E-state index is 12.0. The molecule has 2 rings (SSSR count). The van der Waals surface area contributed by atoms with Crippen molar-refractivity contribution in [2.45, 2.75) is 19.4 Å². The van der Waals surface area contributed by atoms with E-state index in [-0.39, 0.29) is 11.9 Å². The zero-order valence-corrected chi connectivity index (χ0v) is 11.5. The minimum Gasteiger partial charge on any atom is -0.349 e. The van der Waals surface area contributed by atoms with Crippen LogP contribution in [0.2, 0.25) is 5.02 Å². The van der Waals surface area contributed by atoms with Crippen molar-refractivity contribution in [2.75, 3.05) is 0 Å². The van der Waals surface area contributed by atoms with Crippen LogP contribution in [-0.4, -0.2) is 11.9 Å². The lowest BCUT2D eigenvalue weighted by Crippen LogP contribution is -2.34. The van der Waals surface area contributed by atoms with Gasteiger partial charge in [0, 0.05) is 16.6 Å². The molecule has 0 fully saturated rings. The molecule has 2 nitrogen and oxygen atoms in total. The summed E-state index contributed by atoms with van der Waals surface area (Å²) in [6.07, 6.45) is 0.787. The second-order valence-corrected chi connectivity index (χ2v) is 5.01. The van der Waals surface area contributed by atoms with E-state index in [4.69, 9.17) is 11.6 Å². The average molecular weight is 274 g/mol. The first-order valence-electron chi connectivity index (χ1n) is 6.25. The quantitative estimate of drug-likeness (QED) is 0.904. The van der Waals surface area contributed by atoms with Gasteiger partial charge in [-0.15, -0.1) is 0 Å². The predicted octanol–water partition coefficient (Wildman–Crippen LogP) is 3.70. The van der Waals surface area contributed by atoms with Crippen LogP contribution in [0.25, 0.3) is 0 Å². The molecule has 0 bridgehead atoms.